The molecular weight excluding hydrogens is 218 g/mol. The number of halogens is 2. The summed E-state index contributed by atoms with van der Waals surface area (Å²) in [6.07, 6.45) is -1.47. The van der Waals surface area contributed by atoms with Crippen molar-refractivity contribution < 1.29 is 23.8 Å². The van der Waals surface area contributed by atoms with E-state index in [9.17, 15) is 18.7 Å². The highest BCUT2D eigenvalue weighted by Gasteiger charge is 2.20. The standard InChI is InChI=1S/C11H12F2O3/c1-6(11(15)16)4-10(14)8-5-7(12)2-3-9(8)13/h2-3,5-6,10,14H,4H2,1H3,(H,15,16). The van der Waals surface area contributed by atoms with Crippen molar-refractivity contribution in [3.05, 3.63) is 35.4 Å². The Morgan fingerprint density at radius 1 is 1.44 bits per heavy atom. The van der Waals surface area contributed by atoms with Crippen LogP contribution >= 0.6 is 0 Å². The average Bonchev–Trinajstić information content (AvgIpc) is 2.21. The minimum Gasteiger partial charge on any atom is -0.481 e. The third-order valence-electron chi connectivity index (χ3n) is 2.32. The number of benzene rings is 1. The minimum atomic E-state index is -1.32. The number of carbonyl (C=O) groups is 1. The van der Waals surface area contributed by atoms with Gasteiger partial charge < -0.3 is 10.2 Å². The summed E-state index contributed by atoms with van der Waals surface area (Å²) in [5.41, 5.74) is -0.215. The summed E-state index contributed by atoms with van der Waals surface area (Å²) in [6, 6.07) is 2.71. The van der Waals surface area contributed by atoms with Gasteiger partial charge in [-0.25, -0.2) is 8.78 Å². The topological polar surface area (TPSA) is 57.5 Å². The second-order valence-electron chi connectivity index (χ2n) is 3.66. The molecular formula is C11H12F2O3. The maximum absolute atomic E-state index is 13.2. The van der Waals surface area contributed by atoms with Gasteiger partial charge in [-0.1, -0.05) is 6.92 Å². The molecule has 2 atom stereocenters. The normalized spacial score (nSPS) is 14.5. The molecule has 0 saturated heterocycles. The Kier molecular flexibility index (Phi) is 3.95. The number of carboxylic acid groups (broad SMARTS) is 1. The fourth-order valence-corrected chi connectivity index (χ4v) is 1.33. The molecule has 0 saturated carbocycles. The lowest BCUT2D eigenvalue weighted by Gasteiger charge is -2.14. The fourth-order valence-electron chi connectivity index (χ4n) is 1.33. The second kappa shape index (κ2) is 5.03. The van der Waals surface area contributed by atoms with E-state index >= 15 is 0 Å². The van der Waals surface area contributed by atoms with Crippen LogP contribution in [0.4, 0.5) is 8.78 Å². The molecule has 0 bridgehead atoms. The van der Waals surface area contributed by atoms with E-state index in [1.807, 2.05) is 0 Å². The van der Waals surface area contributed by atoms with Gasteiger partial charge in [0, 0.05) is 5.56 Å². The van der Waals surface area contributed by atoms with Crippen molar-refractivity contribution in [3.63, 3.8) is 0 Å². The smallest absolute Gasteiger partial charge is 0.306 e. The van der Waals surface area contributed by atoms with Gasteiger partial charge in [0.2, 0.25) is 0 Å². The summed E-state index contributed by atoms with van der Waals surface area (Å²) in [7, 11) is 0. The molecule has 2 N–H and O–H groups in total. The zero-order valence-electron chi connectivity index (χ0n) is 8.65. The molecule has 1 rings (SSSR count). The van der Waals surface area contributed by atoms with E-state index in [1.165, 1.54) is 6.92 Å². The zero-order valence-corrected chi connectivity index (χ0v) is 8.65. The van der Waals surface area contributed by atoms with Crippen LogP contribution in [0, 0.1) is 17.6 Å². The Bertz CT molecular complexity index is 393. The van der Waals surface area contributed by atoms with Crippen LogP contribution in [0.3, 0.4) is 0 Å². The van der Waals surface area contributed by atoms with Gasteiger partial charge in [-0.05, 0) is 24.6 Å². The van der Waals surface area contributed by atoms with Gasteiger partial charge in [-0.2, -0.15) is 0 Å². The highest BCUT2D eigenvalue weighted by molar-refractivity contribution is 5.69. The molecule has 1 aromatic carbocycles. The molecule has 88 valence electrons. The van der Waals surface area contributed by atoms with E-state index in [1.54, 1.807) is 0 Å². The first kappa shape index (κ1) is 12.6. The average molecular weight is 230 g/mol. The van der Waals surface area contributed by atoms with Crippen LogP contribution in [-0.4, -0.2) is 16.2 Å². The third-order valence-corrected chi connectivity index (χ3v) is 2.32. The van der Waals surface area contributed by atoms with Crippen LogP contribution in [0.2, 0.25) is 0 Å². The molecule has 0 amide bonds. The number of carboxylic acids is 1. The molecule has 0 aliphatic rings. The molecule has 3 nitrogen and oxygen atoms in total. The van der Waals surface area contributed by atoms with Gasteiger partial charge in [0.15, 0.2) is 0 Å². The van der Waals surface area contributed by atoms with E-state index in [-0.39, 0.29) is 12.0 Å². The Morgan fingerprint density at radius 2 is 2.06 bits per heavy atom. The second-order valence-corrected chi connectivity index (χ2v) is 3.66. The van der Waals surface area contributed by atoms with Crippen molar-refractivity contribution in [2.75, 3.05) is 0 Å². The highest BCUT2D eigenvalue weighted by atomic mass is 19.1. The van der Waals surface area contributed by atoms with Crippen LogP contribution in [0.25, 0.3) is 0 Å². The summed E-state index contributed by atoms with van der Waals surface area (Å²) < 4.78 is 26.0. The summed E-state index contributed by atoms with van der Waals surface area (Å²) >= 11 is 0. The number of hydrogen-bond donors (Lipinski definition) is 2. The van der Waals surface area contributed by atoms with Crippen molar-refractivity contribution in [1.29, 1.82) is 0 Å². The number of hydrogen-bond acceptors (Lipinski definition) is 2. The lowest BCUT2D eigenvalue weighted by molar-refractivity contribution is -0.142. The summed E-state index contributed by atoms with van der Waals surface area (Å²) in [6.45, 7) is 1.39. The summed E-state index contributed by atoms with van der Waals surface area (Å²) in [5, 5.41) is 18.2. The molecule has 0 aliphatic carbocycles. The van der Waals surface area contributed by atoms with E-state index in [0.717, 1.165) is 18.2 Å². The van der Waals surface area contributed by atoms with Gasteiger partial charge in [0.1, 0.15) is 11.6 Å². The van der Waals surface area contributed by atoms with Crippen molar-refractivity contribution in [1.82, 2.24) is 0 Å². The van der Waals surface area contributed by atoms with Gasteiger partial charge in [-0.15, -0.1) is 0 Å². The summed E-state index contributed by atoms with van der Waals surface area (Å²) in [4.78, 5) is 10.5. The highest BCUT2D eigenvalue weighted by Crippen LogP contribution is 2.24. The van der Waals surface area contributed by atoms with Crippen LogP contribution < -0.4 is 0 Å². The maximum Gasteiger partial charge on any atom is 0.306 e. The Balaban J connectivity index is 2.83. The molecule has 1 aromatic rings. The molecule has 0 radical (unpaired) electrons. The van der Waals surface area contributed by atoms with Gasteiger partial charge in [0.05, 0.1) is 12.0 Å². The molecule has 0 fully saturated rings. The molecule has 0 aliphatic heterocycles. The summed E-state index contributed by atoms with van der Waals surface area (Å²) in [5.74, 6) is -3.32. The first-order chi connectivity index (χ1) is 7.41. The molecule has 5 heteroatoms. The van der Waals surface area contributed by atoms with Crippen LogP contribution in [0.15, 0.2) is 18.2 Å². The van der Waals surface area contributed by atoms with Gasteiger partial charge in [-0.3, -0.25) is 4.79 Å². The predicted octanol–water partition coefficient (Wildman–Crippen LogP) is 2.11. The van der Waals surface area contributed by atoms with Crippen molar-refractivity contribution in [3.8, 4) is 0 Å². The third kappa shape index (κ3) is 3.00. The molecule has 0 heterocycles. The van der Waals surface area contributed by atoms with E-state index < -0.39 is 29.6 Å². The van der Waals surface area contributed by atoms with Crippen LogP contribution in [0.1, 0.15) is 25.0 Å². The maximum atomic E-state index is 13.2. The van der Waals surface area contributed by atoms with Gasteiger partial charge in [0.25, 0.3) is 0 Å². The Labute approximate surface area is 91.3 Å². The van der Waals surface area contributed by atoms with Crippen LogP contribution in [0.5, 0.6) is 0 Å². The molecule has 16 heavy (non-hydrogen) atoms. The lowest BCUT2D eigenvalue weighted by Crippen LogP contribution is -2.14. The number of rotatable bonds is 4. The lowest BCUT2D eigenvalue weighted by atomic mass is 9.98. The largest absolute Gasteiger partial charge is 0.481 e. The van der Waals surface area contributed by atoms with Crippen molar-refractivity contribution >= 4 is 5.97 Å². The fraction of sp³-hybridized carbons (Fsp3) is 0.364. The number of aliphatic hydroxyl groups is 1. The van der Waals surface area contributed by atoms with Crippen molar-refractivity contribution in [2.24, 2.45) is 5.92 Å². The zero-order chi connectivity index (χ0) is 12.3. The van der Waals surface area contributed by atoms with Crippen LogP contribution in [-0.2, 0) is 4.79 Å². The van der Waals surface area contributed by atoms with E-state index in [0.29, 0.717) is 0 Å². The SMILES string of the molecule is CC(CC(O)c1cc(F)ccc1F)C(=O)O. The van der Waals surface area contributed by atoms with Crippen molar-refractivity contribution in [2.45, 2.75) is 19.4 Å². The Morgan fingerprint density at radius 3 is 2.62 bits per heavy atom. The number of aliphatic carboxylic acids is 1. The molecule has 0 spiro atoms. The first-order valence-corrected chi connectivity index (χ1v) is 4.77. The van der Waals surface area contributed by atoms with E-state index in [4.69, 9.17) is 5.11 Å². The minimum absolute atomic E-state index is 0.157. The predicted molar refractivity (Wildman–Crippen MR) is 52.7 cm³/mol. The molecule has 2 unspecified atom stereocenters. The quantitative estimate of drug-likeness (QED) is 0.832. The Hall–Kier alpha value is -1.49. The molecule has 0 aromatic heterocycles. The monoisotopic (exact) mass is 230 g/mol. The van der Waals surface area contributed by atoms with Gasteiger partial charge >= 0.3 is 5.97 Å². The first-order valence-electron chi connectivity index (χ1n) is 4.77. The van der Waals surface area contributed by atoms with E-state index in [2.05, 4.69) is 0 Å². The number of aliphatic hydroxyl groups excluding tert-OH is 1.